The van der Waals surface area contributed by atoms with Gasteiger partial charge in [0.05, 0.1) is 0 Å². The number of fused-ring (bicyclic) bond motifs is 2. The zero-order valence-corrected chi connectivity index (χ0v) is 14.0. The maximum Gasteiger partial charge on any atom is -1.00 e. The summed E-state index contributed by atoms with van der Waals surface area (Å²) in [5, 5.41) is 1.21. The average molecular weight is 351 g/mol. The normalized spacial score (nSPS) is 10.5. The van der Waals surface area contributed by atoms with Gasteiger partial charge in [-0.3, -0.25) is 0 Å². The van der Waals surface area contributed by atoms with E-state index in [1.165, 1.54) is 19.3 Å². The van der Waals surface area contributed by atoms with Crippen LogP contribution in [0.4, 0.5) is 0 Å². The fourth-order valence-electron chi connectivity index (χ4n) is 1.88. The molecular weight excluding hydrogens is 339 g/mol. The standard InChI is InChI=1S/C14H12AsN2S.ClH/c1-17(2)10-4-6-12-14(8-10)18-13-7-9(15)3-5-11(13)16-12;/h3-8H,1-2H3;1H/q+1;/p-1. The number of rotatable bonds is 0. The van der Waals surface area contributed by atoms with Gasteiger partial charge in [0.1, 0.15) is 0 Å². The third-order valence-electron chi connectivity index (χ3n) is 2.86. The van der Waals surface area contributed by atoms with Gasteiger partial charge >= 0.3 is 119 Å². The molecule has 1 heterocycles. The van der Waals surface area contributed by atoms with Gasteiger partial charge in [-0.25, -0.2) is 0 Å². The van der Waals surface area contributed by atoms with Crippen molar-refractivity contribution in [3.05, 3.63) is 41.8 Å². The Morgan fingerprint density at radius 2 is 1.89 bits per heavy atom. The summed E-state index contributed by atoms with van der Waals surface area (Å²) in [4.78, 5) is 5.93. The Hall–Kier alpha value is -0.892. The summed E-state index contributed by atoms with van der Waals surface area (Å²) in [7, 11) is 4.11. The molecule has 0 fully saturated rings. The molecule has 19 heavy (non-hydrogen) atoms. The third kappa shape index (κ3) is 2.84. The van der Waals surface area contributed by atoms with Crippen LogP contribution in [0.15, 0.2) is 36.4 Å². The number of hydrogen-bond donors (Lipinski definition) is 0. The van der Waals surface area contributed by atoms with Crippen LogP contribution in [0.2, 0.25) is 0 Å². The summed E-state index contributed by atoms with van der Waals surface area (Å²) in [6.45, 7) is 0. The molecule has 5 heteroatoms. The van der Waals surface area contributed by atoms with Crippen molar-refractivity contribution in [2.45, 2.75) is 0 Å². The first-order chi connectivity index (χ1) is 8.63. The van der Waals surface area contributed by atoms with Crippen molar-refractivity contribution < 1.29 is 12.4 Å². The van der Waals surface area contributed by atoms with Crippen molar-refractivity contribution in [1.29, 1.82) is 0 Å². The number of halogens is 1. The zero-order chi connectivity index (χ0) is 12.7. The topological polar surface area (TPSA) is 15.9 Å². The third-order valence-corrected chi connectivity index (χ3v) is 4.54. The first-order valence-corrected chi connectivity index (χ1v) is 7.43. The number of hydrogen-bond acceptors (Lipinski definition) is 2. The molecule has 2 nitrogen and oxygen atoms in total. The summed E-state index contributed by atoms with van der Waals surface area (Å²) < 4.78 is 4.57. The summed E-state index contributed by atoms with van der Waals surface area (Å²) in [5.41, 5.74) is 2.14. The molecule has 0 amide bonds. The first-order valence-electron chi connectivity index (χ1n) is 5.67. The fraction of sp³-hybridized carbons (Fsp3) is 0.143. The van der Waals surface area contributed by atoms with Crippen molar-refractivity contribution in [2.75, 3.05) is 14.1 Å². The summed E-state index contributed by atoms with van der Waals surface area (Å²) in [6, 6.07) is 12.7. The van der Waals surface area contributed by atoms with Crippen molar-refractivity contribution in [3.63, 3.8) is 0 Å². The molecule has 0 saturated carbocycles. The molecule has 0 saturated heterocycles. The van der Waals surface area contributed by atoms with Crippen LogP contribution in [-0.2, 0) is 0 Å². The van der Waals surface area contributed by atoms with Crippen LogP contribution in [-0.4, -0.2) is 35.9 Å². The Kier molecular flexibility index (Phi) is 4.29. The van der Waals surface area contributed by atoms with Gasteiger partial charge in [0.2, 0.25) is 0 Å². The van der Waals surface area contributed by atoms with E-state index in [4.69, 9.17) is 4.98 Å². The van der Waals surface area contributed by atoms with Crippen LogP contribution in [0, 0.1) is 0 Å². The Morgan fingerprint density at radius 3 is 2.63 bits per heavy atom. The van der Waals surface area contributed by atoms with Crippen LogP contribution in [0.3, 0.4) is 0 Å². The van der Waals surface area contributed by atoms with E-state index in [0.717, 1.165) is 11.2 Å². The first kappa shape index (κ1) is 14.5. The van der Waals surface area contributed by atoms with E-state index >= 15 is 0 Å². The SMILES string of the molecule is C[N+](C)=c1ccc2nc3ccc([As])cc3sc-2c1.[Cl-]. The van der Waals surface area contributed by atoms with E-state index in [2.05, 4.69) is 71.9 Å². The van der Waals surface area contributed by atoms with Crippen LogP contribution in [0.5, 0.6) is 0 Å². The minimum absolute atomic E-state index is 0. The van der Waals surface area contributed by atoms with E-state index in [-0.39, 0.29) is 12.4 Å². The van der Waals surface area contributed by atoms with Gasteiger partial charge in [0.25, 0.3) is 0 Å². The van der Waals surface area contributed by atoms with E-state index in [1.54, 1.807) is 11.3 Å². The maximum absolute atomic E-state index is 4.70. The van der Waals surface area contributed by atoms with Crippen molar-refractivity contribution in [2.24, 2.45) is 0 Å². The smallest absolute Gasteiger partial charge is 1.00 e. The molecule has 2 aliphatic rings. The molecule has 96 valence electrons. The van der Waals surface area contributed by atoms with Crippen LogP contribution in [0.25, 0.3) is 20.8 Å². The predicted molar refractivity (Wildman–Crippen MR) is 78.7 cm³/mol. The molecule has 0 spiro atoms. The second kappa shape index (κ2) is 5.62. The number of benzene rings is 2. The second-order valence-corrected chi connectivity index (χ2v) is 6.58. The Labute approximate surface area is 131 Å². The Bertz CT molecular complexity index is 778. The molecule has 0 bridgehead atoms. The Morgan fingerprint density at radius 1 is 1.11 bits per heavy atom. The van der Waals surface area contributed by atoms with Crippen molar-refractivity contribution in [1.82, 2.24) is 9.56 Å². The molecule has 0 unspecified atom stereocenters. The van der Waals surface area contributed by atoms with Crippen molar-refractivity contribution >= 4 is 42.8 Å². The van der Waals surface area contributed by atoms with Gasteiger partial charge in [-0.2, -0.15) is 0 Å². The van der Waals surface area contributed by atoms with E-state index in [1.807, 2.05) is 0 Å². The average Bonchev–Trinajstić information content (AvgIpc) is 2.35. The zero-order valence-electron chi connectivity index (χ0n) is 10.6. The van der Waals surface area contributed by atoms with E-state index in [0.29, 0.717) is 0 Å². The van der Waals surface area contributed by atoms with Crippen LogP contribution < -0.4 is 26.7 Å². The fourth-order valence-corrected chi connectivity index (χ4v) is 3.54. The van der Waals surface area contributed by atoms with Gasteiger partial charge < -0.3 is 12.4 Å². The minimum atomic E-state index is 0. The minimum Gasteiger partial charge on any atom is -1.00 e. The molecule has 0 atom stereocenters. The molecule has 1 aromatic carbocycles. The van der Waals surface area contributed by atoms with Gasteiger partial charge in [-0.15, -0.1) is 0 Å². The molecule has 1 aliphatic carbocycles. The number of nitrogens with zero attached hydrogens (tertiary/aromatic N) is 2. The largest absolute Gasteiger partial charge is 1.00 e. The van der Waals surface area contributed by atoms with Gasteiger partial charge in [0.15, 0.2) is 0 Å². The second-order valence-electron chi connectivity index (χ2n) is 4.41. The molecule has 1 aromatic rings. The quantitative estimate of drug-likeness (QED) is 0.266. The maximum atomic E-state index is 4.70. The molecule has 3 rings (SSSR count). The van der Waals surface area contributed by atoms with Gasteiger partial charge in [-0.1, -0.05) is 0 Å². The van der Waals surface area contributed by atoms with Gasteiger partial charge in [0, 0.05) is 0 Å². The molecule has 2 radical (unpaired) electrons. The molecule has 1 aliphatic heterocycles. The molecule has 0 N–H and O–H groups in total. The summed E-state index contributed by atoms with van der Waals surface area (Å²) in [6.07, 6.45) is 0. The summed E-state index contributed by atoms with van der Waals surface area (Å²) >= 11 is 4.38. The van der Waals surface area contributed by atoms with E-state index < -0.39 is 0 Å². The van der Waals surface area contributed by atoms with Crippen molar-refractivity contribution in [3.8, 4) is 10.6 Å². The Balaban J connectivity index is 0.00000133. The van der Waals surface area contributed by atoms with Crippen LogP contribution in [0.1, 0.15) is 0 Å². The van der Waals surface area contributed by atoms with Gasteiger partial charge in [-0.05, 0) is 0 Å². The number of aromatic nitrogens is 1. The molecule has 0 aromatic heterocycles. The molecular formula is C14H12AsClN2S. The predicted octanol–water partition coefficient (Wildman–Crippen LogP) is -1.77. The van der Waals surface area contributed by atoms with Crippen LogP contribution >= 0.6 is 11.3 Å². The monoisotopic (exact) mass is 350 g/mol. The van der Waals surface area contributed by atoms with E-state index in [9.17, 15) is 0 Å². The summed E-state index contributed by atoms with van der Waals surface area (Å²) in [5.74, 6) is 0.